The summed E-state index contributed by atoms with van der Waals surface area (Å²) in [7, 11) is 0. The Labute approximate surface area is 159 Å². The van der Waals surface area contributed by atoms with Crippen LogP contribution in [0.2, 0.25) is 5.02 Å². The molecule has 0 amide bonds. The monoisotopic (exact) mass is 382 g/mol. The van der Waals surface area contributed by atoms with Crippen LogP contribution in [-0.2, 0) is 0 Å². The summed E-state index contributed by atoms with van der Waals surface area (Å²) in [4.78, 5) is 19.9. The third-order valence-corrected chi connectivity index (χ3v) is 5.34. The number of hydrogen-bond acceptors (Lipinski definition) is 4. The van der Waals surface area contributed by atoms with E-state index in [4.69, 9.17) is 11.6 Å². The van der Waals surface area contributed by atoms with Gasteiger partial charge in [0.1, 0.15) is 5.39 Å². The van der Waals surface area contributed by atoms with Crippen LogP contribution in [-0.4, -0.2) is 19.7 Å². The molecular formula is C19H15ClN4OS. The number of fused-ring (bicyclic) bond motifs is 1. The lowest BCUT2D eigenvalue weighted by atomic mass is 10.2. The van der Waals surface area contributed by atoms with Crippen molar-refractivity contribution in [3.8, 4) is 5.69 Å². The van der Waals surface area contributed by atoms with E-state index in [0.717, 1.165) is 5.69 Å². The van der Waals surface area contributed by atoms with Crippen molar-refractivity contribution >= 4 is 34.4 Å². The lowest BCUT2D eigenvalue weighted by Crippen LogP contribution is -2.10. The Morgan fingerprint density at radius 3 is 2.58 bits per heavy atom. The summed E-state index contributed by atoms with van der Waals surface area (Å²) >= 11 is 7.46. The van der Waals surface area contributed by atoms with Crippen LogP contribution in [0.4, 0.5) is 0 Å². The van der Waals surface area contributed by atoms with E-state index in [9.17, 15) is 4.79 Å². The van der Waals surface area contributed by atoms with E-state index in [2.05, 4.69) is 34.1 Å². The molecule has 0 aliphatic heterocycles. The number of rotatable bonds is 4. The Hall–Kier alpha value is -2.57. The van der Waals surface area contributed by atoms with Crippen molar-refractivity contribution in [1.82, 2.24) is 19.7 Å². The summed E-state index contributed by atoms with van der Waals surface area (Å²) in [5.74, 6) is 0. The van der Waals surface area contributed by atoms with E-state index in [-0.39, 0.29) is 10.8 Å². The number of halogens is 1. The quantitative estimate of drug-likeness (QED) is 0.413. The second-order valence-corrected chi connectivity index (χ2v) is 7.58. The molecule has 0 saturated heterocycles. The lowest BCUT2D eigenvalue weighted by molar-refractivity contribution is 0.871. The number of thioether (sulfide) groups is 1. The molecule has 2 aromatic carbocycles. The van der Waals surface area contributed by atoms with Gasteiger partial charge in [-0.25, -0.2) is 9.67 Å². The fourth-order valence-corrected chi connectivity index (χ4v) is 3.73. The second kappa shape index (κ2) is 6.97. The van der Waals surface area contributed by atoms with E-state index >= 15 is 0 Å². The average molecular weight is 383 g/mol. The Balaban J connectivity index is 1.74. The van der Waals surface area contributed by atoms with Gasteiger partial charge in [0.05, 0.1) is 11.9 Å². The maximum Gasteiger partial charge on any atom is 0.262 e. The van der Waals surface area contributed by atoms with Crippen molar-refractivity contribution in [2.24, 2.45) is 0 Å². The van der Waals surface area contributed by atoms with Gasteiger partial charge >= 0.3 is 0 Å². The Kier molecular flexibility index (Phi) is 4.53. The summed E-state index contributed by atoms with van der Waals surface area (Å²) in [5.41, 5.74) is 2.30. The highest BCUT2D eigenvalue weighted by Crippen LogP contribution is 2.32. The minimum Gasteiger partial charge on any atom is -0.301 e. The first-order chi connectivity index (χ1) is 12.6. The Bertz CT molecular complexity index is 1110. The molecule has 0 saturated carbocycles. The second-order valence-electron chi connectivity index (χ2n) is 5.81. The van der Waals surface area contributed by atoms with Crippen molar-refractivity contribution in [2.45, 2.75) is 17.3 Å². The number of aromatic nitrogens is 4. The number of H-pyrrole nitrogens is 1. The van der Waals surface area contributed by atoms with Gasteiger partial charge in [0, 0.05) is 10.3 Å². The van der Waals surface area contributed by atoms with Crippen molar-refractivity contribution in [3.05, 3.63) is 81.7 Å². The molecule has 4 rings (SSSR count). The number of hydrogen-bond donors (Lipinski definition) is 1. The van der Waals surface area contributed by atoms with Crippen LogP contribution < -0.4 is 5.56 Å². The largest absolute Gasteiger partial charge is 0.301 e. The highest BCUT2D eigenvalue weighted by Gasteiger charge is 2.14. The molecule has 1 N–H and O–H groups in total. The van der Waals surface area contributed by atoms with Crippen molar-refractivity contribution in [1.29, 1.82) is 0 Å². The zero-order valence-corrected chi connectivity index (χ0v) is 15.5. The molecule has 2 heterocycles. The van der Waals surface area contributed by atoms with Crippen LogP contribution in [0.25, 0.3) is 16.7 Å². The number of aromatic amines is 1. The highest BCUT2D eigenvalue weighted by molar-refractivity contribution is 7.99. The van der Waals surface area contributed by atoms with Gasteiger partial charge in [-0.1, -0.05) is 53.7 Å². The first-order valence-corrected chi connectivity index (χ1v) is 9.33. The zero-order chi connectivity index (χ0) is 18.1. The normalized spacial score (nSPS) is 12.4. The van der Waals surface area contributed by atoms with Gasteiger partial charge in [-0.15, -0.1) is 0 Å². The molecule has 0 fully saturated rings. The van der Waals surface area contributed by atoms with Crippen LogP contribution in [0, 0.1) is 0 Å². The molecule has 5 nitrogen and oxygen atoms in total. The van der Waals surface area contributed by atoms with Crippen LogP contribution in [0.1, 0.15) is 17.7 Å². The topological polar surface area (TPSA) is 63.6 Å². The van der Waals surface area contributed by atoms with Crippen molar-refractivity contribution < 1.29 is 0 Å². The first kappa shape index (κ1) is 16.9. The van der Waals surface area contributed by atoms with Crippen LogP contribution in [0.15, 0.2) is 70.7 Å². The molecule has 1 atom stereocenters. The molecule has 4 aromatic rings. The number of benzene rings is 2. The molecule has 0 aliphatic rings. The summed E-state index contributed by atoms with van der Waals surface area (Å²) in [6.45, 7) is 2.08. The molecule has 0 radical (unpaired) electrons. The predicted octanol–water partition coefficient (Wildman–Crippen LogP) is 4.62. The lowest BCUT2D eigenvalue weighted by Gasteiger charge is -2.11. The molecular weight excluding hydrogens is 368 g/mol. The molecule has 0 aliphatic carbocycles. The SMILES string of the molecule is C[C@@H](Sc1nc2c(cnn2-c2ccc(Cl)cc2)c(=O)[nH]1)c1ccccc1. The van der Waals surface area contributed by atoms with Crippen molar-refractivity contribution in [3.63, 3.8) is 0 Å². The maximum absolute atomic E-state index is 12.4. The van der Waals surface area contributed by atoms with Crippen LogP contribution in [0.3, 0.4) is 0 Å². The van der Waals surface area contributed by atoms with Crippen LogP contribution >= 0.6 is 23.4 Å². The summed E-state index contributed by atoms with van der Waals surface area (Å²) < 4.78 is 1.65. The van der Waals surface area contributed by atoms with E-state index in [1.807, 2.05) is 30.3 Å². The molecule has 0 spiro atoms. The van der Waals surface area contributed by atoms with Crippen molar-refractivity contribution in [2.75, 3.05) is 0 Å². The molecule has 0 bridgehead atoms. The van der Waals surface area contributed by atoms with Gasteiger partial charge in [0.15, 0.2) is 10.8 Å². The maximum atomic E-state index is 12.4. The number of nitrogens with zero attached hydrogens (tertiary/aromatic N) is 3. The molecule has 0 unspecified atom stereocenters. The summed E-state index contributed by atoms with van der Waals surface area (Å²) in [6, 6.07) is 17.4. The molecule has 2 aromatic heterocycles. The fourth-order valence-electron chi connectivity index (χ4n) is 2.68. The predicted molar refractivity (Wildman–Crippen MR) is 105 cm³/mol. The zero-order valence-electron chi connectivity index (χ0n) is 13.9. The fraction of sp³-hybridized carbons (Fsp3) is 0.105. The molecule has 130 valence electrons. The van der Waals surface area contributed by atoms with Gasteiger partial charge in [0.25, 0.3) is 5.56 Å². The smallest absolute Gasteiger partial charge is 0.262 e. The minimum absolute atomic E-state index is 0.156. The van der Waals surface area contributed by atoms with Gasteiger partial charge in [-0.3, -0.25) is 4.79 Å². The third-order valence-electron chi connectivity index (χ3n) is 4.04. The number of nitrogens with one attached hydrogen (secondary N) is 1. The molecule has 7 heteroatoms. The average Bonchev–Trinajstić information content (AvgIpc) is 3.07. The van der Waals surface area contributed by atoms with Gasteiger partial charge in [-0.2, -0.15) is 5.10 Å². The Morgan fingerprint density at radius 1 is 1.12 bits per heavy atom. The Morgan fingerprint density at radius 2 is 1.85 bits per heavy atom. The van der Waals surface area contributed by atoms with E-state index in [1.54, 1.807) is 16.8 Å². The third kappa shape index (κ3) is 3.25. The van der Waals surface area contributed by atoms with E-state index in [0.29, 0.717) is 21.2 Å². The van der Waals surface area contributed by atoms with Gasteiger partial charge in [0.2, 0.25) is 0 Å². The summed E-state index contributed by atoms with van der Waals surface area (Å²) in [6.07, 6.45) is 1.53. The summed E-state index contributed by atoms with van der Waals surface area (Å²) in [5, 5.41) is 6.13. The van der Waals surface area contributed by atoms with Crippen LogP contribution in [0.5, 0.6) is 0 Å². The first-order valence-electron chi connectivity index (χ1n) is 8.07. The standard InChI is InChI=1S/C19H15ClN4OS/c1-12(13-5-3-2-4-6-13)26-19-22-17-16(18(25)23-19)11-21-24(17)15-9-7-14(20)8-10-15/h2-12H,1H3,(H,22,23,25)/t12-/m1/s1. The van der Waals surface area contributed by atoms with Gasteiger partial charge in [-0.05, 0) is 36.8 Å². The van der Waals surface area contributed by atoms with E-state index < -0.39 is 0 Å². The molecule has 26 heavy (non-hydrogen) atoms. The minimum atomic E-state index is -0.196. The highest BCUT2D eigenvalue weighted by atomic mass is 35.5. The van der Waals surface area contributed by atoms with Gasteiger partial charge < -0.3 is 4.98 Å². The van der Waals surface area contributed by atoms with E-state index in [1.165, 1.54) is 23.5 Å².